The SMILES string of the molecule is Cc1nc(-c2ccc3c(c2)C(C)CC(C)(C)N3[O-])sc1CCO[N+](=O)[O-]. The van der Waals surface area contributed by atoms with Crippen LogP contribution in [0.3, 0.4) is 0 Å². The van der Waals surface area contributed by atoms with E-state index in [0.717, 1.165) is 43.9 Å². The maximum absolute atomic E-state index is 12.6. The Morgan fingerprint density at radius 1 is 1.46 bits per heavy atom. The normalized spacial score (nSPS) is 18.5. The van der Waals surface area contributed by atoms with E-state index in [1.54, 1.807) is 0 Å². The fourth-order valence-corrected chi connectivity index (χ4v) is 4.57. The number of hydrogen-bond donors (Lipinski definition) is 0. The van der Waals surface area contributed by atoms with Crippen LogP contribution in [0, 0.1) is 22.2 Å². The van der Waals surface area contributed by atoms with Gasteiger partial charge in [0.2, 0.25) is 0 Å². The number of rotatable bonds is 5. The van der Waals surface area contributed by atoms with E-state index < -0.39 is 10.6 Å². The van der Waals surface area contributed by atoms with Crippen LogP contribution in [0.15, 0.2) is 18.2 Å². The summed E-state index contributed by atoms with van der Waals surface area (Å²) >= 11 is 1.51. The van der Waals surface area contributed by atoms with Crippen LogP contribution in [0.1, 0.15) is 49.2 Å². The summed E-state index contributed by atoms with van der Waals surface area (Å²) in [7, 11) is 0. The summed E-state index contributed by atoms with van der Waals surface area (Å²) in [6.07, 6.45) is 1.25. The minimum absolute atomic E-state index is 0.0247. The zero-order valence-electron chi connectivity index (χ0n) is 15.3. The third-order valence-electron chi connectivity index (χ3n) is 4.80. The van der Waals surface area contributed by atoms with Crippen molar-refractivity contribution in [2.75, 3.05) is 11.7 Å². The van der Waals surface area contributed by atoms with Crippen LogP contribution >= 0.6 is 11.3 Å². The van der Waals surface area contributed by atoms with E-state index in [9.17, 15) is 15.3 Å². The van der Waals surface area contributed by atoms with Gasteiger partial charge in [-0.15, -0.1) is 21.5 Å². The lowest BCUT2D eigenvalue weighted by Crippen LogP contribution is -2.44. The molecule has 0 saturated carbocycles. The van der Waals surface area contributed by atoms with Crippen LogP contribution in [-0.2, 0) is 11.3 Å². The Bertz CT molecular complexity index is 834. The molecular weight excluding hydrogens is 354 g/mol. The third-order valence-corrected chi connectivity index (χ3v) is 6.06. The number of aromatic nitrogens is 1. The van der Waals surface area contributed by atoms with Gasteiger partial charge in [0.05, 0.1) is 5.69 Å². The molecule has 0 amide bonds. The number of anilines is 1. The van der Waals surface area contributed by atoms with Crippen molar-refractivity contribution >= 4 is 17.0 Å². The molecule has 1 aromatic carbocycles. The Labute approximate surface area is 156 Å². The van der Waals surface area contributed by atoms with Gasteiger partial charge in [0.15, 0.2) is 0 Å². The number of hydrogen-bond acceptors (Lipinski definition) is 7. The molecule has 7 nitrogen and oxygen atoms in total. The largest absolute Gasteiger partial charge is 0.758 e. The lowest BCUT2D eigenvalue weighted by molar-refractivity contribution is -0.757. The highest BCUT2D eigenvalue weighted by molar-refractivity contribution is 7.15. The van der Waals surface area contributed by atoms with Gasteiger partial charge in [-0.25, -0.2) is 4.98 Å². The molecule has 0 saturated heterocycles. The maximum Gasteiger partial charge on any atom is 0.294 e. The van der Waals surface area contributed by atoms with E-state index in [1.807, 2.05) is 32.9 Å². The molecule has 8 heteroatoms. The highest BCUT2D eigenvalue weighted by Crippen LogP contribution is 2.44. The lowest BCUT2D eigenvalue weighted by atomic mass is 9.81. The zero-order valence-corrected chi connectivity index (χ0v) is 16.1. The summed E-state index contributed by atoms with van der Waals surface area (Å²) in [6.45, 7) is 8.00. The number of thiazole rings is 1. The summed E-state index contributed by atoms with van der Waals surface area (Å²) in [5.41, 5.74) is 3.19. The van der Waals surface area contributed by atoms with Crippen LogP contribution in [0.5, 0.6) is 0 Å². The highest BCUT2D eigenvalue weighted by atomic mass is 32.1. The summed E-state index contributed by atoms with van der Waals surface area (Å²) in [4.78, 5) is 20.3. The number of aryl methyl sites for hydroxylation is 1. The molecule has 1 aliphatic heterocycles. The van der Waals surface area contributed by atoms with Gasteiger partial charge in [-0.05, 0) is 56.9 Å². The van der Waals surface area contributed by atoms with Gasteiger partial charge >= 0.3 is 0 Å². The Balaban J connectivity index is 1.87. The van der Waals surface area contributed by atoms with Crippen LogP contribution in [0.25, 0.3) is 10.6 Å². The highest BCUT2D eigenvalue weighted by Gasteiger charge is 2.31. The molecule has 1 atom stereocenters. The van der Waals surface area contributed by atoms with E-state index in [1.165, 1.54) is 11.3 Å². The first-order chi connectivity index (χ1) is 12.2. The lowest BCUT2D eigenvalue weighted by Gasteiger charge is -2.52. The fourth-order valence-electron chi connectivity index (χ4n) is 3.53. The average Bonchev–Trinajstić information content (AvgIpc) is 2.93. The van der Waals surface area contributed by atoms with Gasteiger partial charge in [-0.2, -0.15) is 0 Å². The monoisotopic (exact) mass is 376 g/mol. The van der Waals surface area contributed by atoms with E-state index in [2.05, 4.69) is 22.8 Å². The van der Waals surface area contributed by atoms with Gasteiger partial charge in [-0.3, -0.25) is 0 Å². The molecule has 0 fully saturated rings. The van der Waals surface area contributed by atoms with Gasteiger partial charge in [-0.1, -0.05) is 6.92 Å². The van der Waals surface area contributed by atoms with Crippen LogP contribution in [-0.4, -0.2) is 22.2 Å². The van der Waals surface area contributed by atoms with E-state index >= 15 is 0 Å². The quantitative estimate of drug-likeness (QED) is 0.565. The van der Waals surface area contributed by atoms with Gasteiger partial charge in [0, 0.05) is 28.1 Å². The van der Waals surface area contributed by atoms with Crippen molar-refractivity contribution in [3.05, 3.63) is 49.7 Å². The summed E-state index contributed by atoms with van der Waals surface area (Å²) in [5, 5.41) is 24.1. The van der Waals surface area contributed by atoms with Gasteiger partial charge in [0.25, 0.3) is 5.09 Å². The molecule has 2 aromatic rings. The molecule has 1 aliphatic rings. The standard InChI is InChI=1S/C18H22N3O4S/c1-11-10-18(3,4)20(22)15-6-5-13(9-14(11)15)17-19-12(2)16(26-17)7-8-25-21(23)24/h5-6,9,11H,7-8,10H2,1-4H3/q-1. The Morgan fingerprint density at radius 3 is 2.88 bits per heavy atom. The predicted molar refractivity (Wildman–Crippen MR) is 102 cm³/mol. The fraction of sp³-hybridized carbons (Fsp3) is 0.500. The van der Waals surface area contributed by atoms with Crippen LogP contribution < -0.4 is 5.06 Å². The number of fused-ring (bicyclic) bond motifs is 1. The minimum Gasteiger partial charge on any atom is -0.758 e. The van der Waals surface area contributed by atoms with Gasteiger partial charge < -0.3 is 15.1 Å². The first kappa shape index (κ1) is 18.6. The molecular formula is C18H22N3O4S-. The second-order valence-corrected chi connectivity index (χ2v) is 8.40. The minimum atomic E-state index is -0.779. The average molecular weight is 376 g/mol. The second kappa shape index (κ2) is 6.85. The predicted octanol–water partition coefficient (Wildman–Crippen LogP) is 4.46. The van der Waals surface area contributed by atoms with Crippen LogP contribution in [0.4, 0.5) is 5.69 Å². The molecule has 0 spiro atoms. The molecule has 3 rings (SSSR count). The Kier molecular flexibility index (Phi) is 4.90. The molecule has 2 heterocycles. The third kappa shape index (κ3) is 3.52. The maximum atomic E-state index is 12.6. The molecule has 0 bridgehead atoms. The summed E-state index contributed by atoms with van der Waals surface area (Å²) in [5.74, 6) is 0.291. The van der Waals surface area contributed by atoms with Crippen molar-refractivity contribution in [3.63, 3.8) is 0 Å². The molecule has 26 heavy (non-hydrogen) atoms. The molecule has 0 aliphatic carbocycles. The summed E-state index contributed by atoms with van der Waals surface area (Å²) < 4.78 is 0. The molecule has 1 aromatic heterocycles. The number of benzene rings is 1. The van der Waals surface area contributed by atoms with Crippen molar-refractivity contribution < 1.29 is 9.92 Å². The number of hydroxylamine groups is 1. The zero-order chi connectivity index (χ0) is 19.1. The van der Waals surface area contributed by atoms with Crippen molar-refractivity contribution in [2.24, 2.45) is 0 Å². The Hall–Kier alpha value is -2.19. The Morgan fingerprint density at radius 2 is 2.19 bits per heavy atom. The van der Waals surface area contributed by atoms with Crippen molar-refractivity contribution in [3.8, 4) is 10.6 Å². The van der Waals surface area contributed by atoms with Crippen molar-refractivity contribution in [2.45, 2.75) is 52.0 Å². The first-order valence-electron chi connectivity index (χ1n) is 8.54. The second-order valence-electron chi connectivity index (χ2n) is 7.32. The van der Waals surface area contributed by atoms with Crippen molar-refractivity contribution in [1.29, 1.82) is 0 Å². The summed E-state index contributed by atoms with van der Waals surface area (Å²) in [6, 6.07) is 5.85. The molecule has 1 unspecified atom stereocenters. The smallest absolute Gasteiger partial charge is 0.294 e. The van der Waals surface area contributed by atoms with E-state index in [0.29, 0.717) is 12.3 Å². The number of nitrogens with zero attached hydrogens (tertiary/aromatic N) is 3. The molecule has 0 N–H and O–H groups in total. The van der Waals surface area contributed by atoms with Gasteiger partial charge in [0.1, 0.15) is 11.6 Å². The molecule has 0 radical (unpaired) electrons. The van der Waals surface area contributed by atoms with E-state index in [4.69, 9.17) is 0 Å². The topological polar surface area (TPSA) is 91.6 Å². The van der Waals surface area contributed by atoms with Crippen molar-refractivity contribution in [1.82, 2.24) is 4.98 Å². The first-order valence-corrected chi connectivity index (χ1v) is 9.36. The molecule has 140 valence electrons. The van der Waals surface area contributed by atoms with Crippen LogP contribution in [0.2, 0.25) is 0 Å². The van der Waals surface area contributed by atoms with E-state index in [-0.39, 0.29) is 6.61 Å².